The monoisotopic (exact) mass is 241 g/mol. The van der Waals surface area contributed by atoms with Crippen LogP contribution in [-0.4, -0.2) is 38.1 Å². The van der Waals surface area contributed by atoms with Crippen molar-refractivity contribution in [2.24, 2.45) is 5.73 Å². The van der Waals surface area contributed by atoms with Gasteiger partial charge in [-0.2, -0.15) is 13.2 Å². The molecule has 1 fully saturated rings. The van der Waals surface area contributed by atoms with E-state index in [0.29, 0.717) is 19.8 Å². The lowest BCUT2D eigenvalue weighted by molar-refractivity contribution is -0.151. The van der Waals surface area contributed by atoms with Crippen LogP contribution in [0.1, 0.15) is 25.7 Å². The van der Waals surface area contributed by atoms with Gasteiger partial charge in [-0.25, -0.2) is 0 Å². The molecule has 1 aliphatic rings. The molecular weight excluding hydrogens is 223 g/mol. The Kier molecular flexibility index (Phi) is 5.01. The second-order valence-electron chi connectivity index (χ2n) is 4.11. The van der Waals surface area contributed by atoms with Crippen LogP contribution in [0.25, 0.3) is 0 Å². The van der Waals surface area contributed by atoms with Gasteiger partial charge in [0.1, 0.15) is 5.60 Å². The normalized spacial score (nSPS) is 27.0. The highest BCUT2D eigenvalue weighted by Gasteiger charge is 2.33. The SMILES string of the molecule is NCC1(OCCCC(F)(F)F)CCCOC1. The minimum atomic E-state index is -4.11. The van der Waals surface area contributed by atoms with Crippen LogP contribution in [-0.2, 0) is 9.47 Å². The fourth-order valence-corrected chi connectivity index (χ4v) is 1.72. The van der Waals surface area contributed by atoms with Crippen LogP contribution >= 0.6 is 0 Å². The number of alkyl halides is 3. The van der Waals surface area contributed by atoms with E-state index in [4.69, 9.17) is 15.2 Å². The fourth-order valence-electron chi connectivity index (χ4n) is 1.72. The molecule has 0 aromatic heterocycles. The van der Waals surface area contributed by atoms with E-state index < -0.39 is 18.2 Å². The van der Waals surface area contributed by atoms with Crippen LogP contribution in [0.2, 0.25) is 0 Å². The van der Waals surface area contributed by atoms with Gasteiger partial charge in [0, 0.05) is 26.2 Å². The van der Waals surface area contributed by atoms with Crippen molar-refractivity contribution >= 4 is 0 Å². The molecule has 1 saturated heterocycles. The van der Waals surface area contributed by atoms with E-state index in [9.17, 15) is 13.2 Å². The van der Waals surface area contributed by atoms with Crippen molar-refractivity contribution in [2.45, 2.75) is 37.5 Å². The van der Waals surface area contributed by atoms with Gasteiger partial charge in [0.15, 0.2) is 0 Å². The minimum Gasteiger partial charge on any atom is -0.378 e. The van der Waals surface area contributed by atoms with Gasteiger partial charge in [0.05, 0.1) is 6.61 Å². The molecule has 1 aliphatic heterocycles. The summed E-state index contributed by atoms with van der Waals surface area (Å²) in [5, 5.41) is 0. The smallest absolute Gasteiger partial charge is 0.378 e. The number of nitrogens with two attached hydrogens (primary N) is 1. The lowest BCUT2D eigenvalue weighted by Gasteiger charge is -2.35. The van der Waals surface area contributed by atoms with Crippen molar-refractivity contribution in [3.05, 3.63) is 0 Å². The van der Waals surface area contributed by atoms with E-state index in [1.54, 1.807) is 0 Å². The molecule has 3 nitrogen and oxygen atoms in total. The Hall–Kier alpha value is -0.330. The molecule has 16 heavy (non-hydrogen) atoms. The Morgan fingerprint density at radius 1 is 1.38 bits per heavy atom. The maximum absolute atomic E-state index is 11.9. The molecule has 1 rings (SSSR count). The summed E-state index contributed by atoms with van der Waals surface area (Å²) in [6, 6.07) is 0. The molecule has 1 atom stereocenters. The van der Waals surface area contributed by atoms with Gasteiger partial charge in [-0.1, -0.05) is 0 Å². The average molecular weight is 241 g/mol. The van der Waals surface area contributed by atoms with Crippen LogP contribution in [0.5, 0.6) is 0 Å². The van der Waals surface area contributed by atoms with Crippen LogP contribution in [0.3, 0.4) is 0 Å². The second-order valence-corrected chi connectivity index (χ2v) is 4.11. The summed E-state index contributed by atoms with van der Waals surface area (Å²) in [6.45, 7) is 1.43. The van der Waals surface area contributed by atoms with E-state index in [1.165, 1.54) is 0 Å². The summed E-state index contributed by atoms with van der Waals surface area (Å²) in [5.41, 5.74) is 5.01. The molecule has 96 valence electrons. The Labute approximate surface area is 93.1 Å². The van der Waals surface area contributed by atoms with Crippen molar-refractivity contribution in [1.29, 1.82) is 0 Å². The second kappa shape index (κ2) is 5.84. The summed E-state index contributed by atoms with van der Waals surface area (Å²) in [5.74, 6) is 0. The van der Waals surface area contributed by atoms with Crippen LogP contribution in [0.15, 0.2) is 0 Å². The Balaban J connectivity index is 2.23. The van der Waals surface area contributed by atoms with Gasteiger partial charge >= 0.3 is 6.18 Å². The molecule has 0 bridgehead atoms. The molecule has 0 aromatic rings. The number of hydrogen-bond donors (Lipinski definition) is 1. The van der Waals surface area contributed by atoms with Crippen molar-refractivity contribution < 1.29 is 22.6 Å². The standard InChI is InChI=1S/C10H18F3NO2/c11-10(12,13)4-2-6-16-9(7-14)3-1-5-15-8-9/h1-8,14H2. The first-order valence-electron chi connectivity index (χ1n) is 5.46. The van der Waals surface area contributed by atoms with E-state index in [0.717, 1.165) is 12.8 Å². The number of halogens is 3. The third-order valence-electron chi connectivity index (χ3n) is 2.67. The van der Waals surface area contributed by atoms with Crippen LogP contribution in [0, 0.1) is 0 Å². The summed E-state index contributed by atoms with van der Waals surface area (Å²) in [7, 11) is 0. The zero-order valence-corrected chi connectivity index (χ0v) is 9.18. The van der Waals surface area contributed by atoms with E-state index in [-0.39, 0.29) is 13.0 Å². The van der Waals surface area contributed by atoms with Crippen molar-refractivity contribution in [2.75, 3.05) is 26.4 Å². The predicted octanol–water partition coefficient (Wildman–Crippen LogP) is 1.85. The molecule has 0 aromatic carbocycles. The van der Waals surface area contributed by atoms with E-state index >= 15 is 0 Å². The third kappa shape index (κ3) is 4.67. The lowest BCUT2D eigenvalue weighted by atomic mass is 9.96. The maximum Gasteiger partial charge on any atom is 0.389 e. The number of hydrogen-bond acceptors (Lipinski definition) is 3. The summed E-state index contributed by atoms with van der Waals surface area (Å²) in [4.78, 5) is 0. The molecule has 2 N–H and O–H groups in total. The maximum atomic E-state index is 11.9. The van der Waals surface area contributed by atoms with Gasteiger partial charge in [0.2, 0.25) is 0 Å². The number of rotatable bonds is 5. The quantitative estimate of drug-likeness (QED) is 0.747. The zero-order valence-electron chi connectivity index (χ0n) is 9.18. The Morgan fingerprint density at radius 2 is 2.12 bits per heavy atom. The minimum absolute atomic E-state index is 0.0226. The van der Waals surface area contributed by atoms with Gasteiger partial charge in [-0.05, 0) is 19.3 Å². The summed E-state index contributed by atoms with van der Waals surface area (Å²) < 4.78 is 46.4. The molecule has 6 heteroatoms. The van der Waals surface area contributed by atoms with E-state index in [1.807, 2.05) is 0 Å². The highest BCUT2D eigenvalue weighted by Crippen LogP contribution is 2.25. The molecular formula is C10H18F3NO2. The first kappa shape index (κ1) is 13.7. The summed E-state index contributed by atoms with van der Waals surface area (Å²) >= 11 is 0. The molecule has 0 radical (unpaired) electrons. The topological polar surface area (TPSA) is 44.5 Å². The molecule has 1 heterocycles. The number of ether oxygens (including phenoxy) is 2. The molecule has 1 unspecified atom stereocenters. The Morgan fingerprint density at radius 3 is 2.62 bits per heavy atom. The van der Waals surface area contributed by atoms with Gasteiger partial charge in [0.25, 0.3) is 0 Å². The lowest BCUT2D eigenvalue weighted by Crippen LogP contribution is -2.48. The van der Waals surface area contributed by atoms with E-state index in [2.05, 4.69) is 0 Å². The molecule has 0 saturated carbocycles. The molecule has 0 spiro atoms. The predicted molar refractivity (Wildman–Crippen MR) is 53.1 cm³/mol. The fraction of sp³-hybridized carbons (Fsp3) is 1.00. The zero-order chi connectivity index (χ0) is 12.1. The highest BCUT2D eigenvalue weighted by atomic mass is 19.4. The van der Waals surface area contributed by atoms with Crippen LogP contribution in [0.4, 0.5) is 13.2 Å². The molecule has 0 amide bonds. The van der Waals surface area contributed by atoms with Gasteiger partial charge in [-0.15, -0.1) is 0 Å². The first-order chi connectivity index (χ1) is 7.47. The van der Waals surface area contributed by atoms with Crippen molar-refractivity contribution in [3.8, 4) is 0 Å². The van der Waals surface area contributed by atoms with Crippen molar-refractivity contribution in [1.82, 2.24) is 0 Å². The summed E-state index contributed by atoms with van der Waals surface area (Å²) in [6.07, 6.45) is -3.34. The van der Waals surface area contributed by atoms with Gasteiger partial charge < -0.3 is 15.2 Å². The average Bonchev–Trinajstić information content (AvgIpc) is 2.25. The largest absolute Gasteiger partial charge is 0.389 e. The third-order valence-corrected chi connectivity index (χ3v) is 2.67. The highest BCUT2D eigenvalue weighted by molar-refractivity contribution is 4.84. The Bertz CT molecular complexity index is 203. The van der Waals surface area contributed by atoms with Crippen molar-refractivity contribution in [3.63, 3.8) is 0 Å². The molecule has 0 aliphatic carbocycles. The first-order valence-corrected chi connectivity index (χ1v) is 5.46. The van der Waals surface area contributed by atoms with Gasteiger partial charge in [-0.3, -0.25) is 0 Å². The van der Waals surface area contributed by atoms with Crippen LogP contribution < -0.4 is 5.73 Å².